The number of carbonyl (C=O) groups excluding carboxylic acids is 7. The van der Waals surface area contributed by atoms with E-state index in [1.54, 1.807) is 41.5 Å². The van der Waals surface area contributed by atoms with E-state index in [0.717, 1.165) is 18.4 Å². The Balaban J connectivity index is 1.20. The van der Waals surface area contributed by atoms with Gasteiger partial charge in [0.25, 0.3) is 11.8 Å². The minimum absolute atomic E-state index is 0.0639. The Morgan fingerprint density at radius 2 is 0.990 bits per heavy atom. The first-order valence-electron chi connectivity index (χ1n) is 34.0. The van der Waals surface area contributed by atoms with Gasteiger partial charge < -0.3 is 90.0 Å². The van der Waals surface area contributed by atoms with Crippen molar-refractivity contribution < 1.29 is 122 Å². The van der Waals surface area contributed by atoms with Gasteiger partial charge in [-0.2, -0.15) is 0 Å². The number of ketones is 1. The highest BCUT2D eigenvalue weighted by atomic mass is 16.8. The number of aliphatic hydroxyl groups is 5. The van der Waals surface area contributed by atoms with E-state index in [1.165, 1.54) is 20.8 Å². The minimum atomic E-state index is -2.28. The molecule has 97 heavy (non-hydrogen) atoms. The molecule has 0 radical (unpaired) electrons. The summed E-state index contributed by atoms with van der Waals surface area (Å²) in [4.78, 5) is 134. The highest BCUT2D eigenvalue weighted by molar-refractivity contribution is 5.96. The lowest BCUT2D eigenvalue weighted by atomic mass is 9.33. The third-order valence-electron chi connectivity index (χ3n) is 22.2. The average Bonchev–Trinajstić information content (AvgIpc) is 0.674. The number of rotatable bonds is 22. The largest absolute Gasteiger partial charge is 0.481 e. The maximum Gasteiger partial charge on any atom is 0.329 e. The van der Waals surface area contributed by atoms with Gasteiger partial charge in [0, 0.05) is 30.6 Å². The van der Waals surface area contributed by atoms with Crippen molar-refractivity contribution in [2.75, 3.05) is 0 Å². The average molecular weight is 1380 g/mol. The lowest BCUT2D eigenvalue weighted by molar-refractivity contribution is -0.369. The van der Waals surface area contributed by atoms with Gasteiger partial charge in [-0.1, -0.05) is 54.0 Å². The van der Waals surface area contributed by atoms with Crippen LogP contribution in [-0.2, 0) is 81.1 Å². The number of carbonyl (C=O) groups is 10. The van der Waals surface area contributed by atoms with Crippen molar-refractivity contribution in [3.05, 3.63) is 11.6 Å². The number of nitrogens with one attached hydrogen (secondary N) is 3. The number of amides is 3. The molecule has 4 saturated carbocycles. The van der Waals surface area contributed by atoms with Gasteiger partial charge in [0.05, 0.1) is 6.10 Å². The molecule has 5 aliphatic carbocycles. The highest BCUT2D eigenvalue weighted by Crippen LogP contribution is 2.75. The molecule has 0 bridgehead atoms. The first-order valence-corrected chi connectivity index (χ1v) is 34.0. The number of esters is 3. The van der Waals surface area contributed by atoms with E-state index >= 15 is 4.79 Å². The zero-order valence-electron chi connectivity index (χ0n) is 59.0. The van der Waals surface area contributed by atoms with Crippen molar-refractivity contribution >= 4 is 59.3 Å². The lowest BCUT2D eigenvalue weighted by Gasteiger charge is -2.70. The Morgan fingerprint density at radius 3 is 1.45 bits per heavy atom. The van der Waals surface area contributed by atoms with Crippen LogP contribution in [0.25, 0.3) is 0 Å². The summed E-state index contributed by atoms with van der Waals surface area (Å²) in [6, 6.07) is -4.47. The van der Waals surface area contributed by atoms with Gasteiger partial charge in [0.15, 0.2) is 30.6 Å². The van der Waals surface area contributed by atoms with Gasteiger partial charge in [-0.25, -0.2) is 14.4 Å². The summed E-state index contributed by atoms with van der Waals surface area (Å²) in [5, 5.41) is 94.3. The van der Waals surface area contributed by atoms with Crippen molar-refractivity contribution in [2.45, 2.75) is 310 Å². The SMILES string of the molecule is CC(C)(C)OC(=O)[C@@H](CCC(=O)O)NC(=O)C1OC(OC2C(O[C@@H]3CC[C@@]4(C)C(CC[C@]5(C)[C@@H]4C(=O)C=C4[C@H]6C[C@@](C)(C(=O)N[C@H](CCC(=O)O)C(=O)OC(C)(C)C)CC[C@]6(C)CC[C@]45C)C3(C)C)OC(C(=O)N[C@H](CCC(=O)O)C(=O)OC(C)(C)C)C(O)C2O)C(O)C(O)C1O. The Hall–Kier alpha value is -5.72. The molecule has 0 aromatic rings. The van der Waals surface area contributed by atoms with E-state index < -0.39 is 215 Å². The Morgan fingerprint density at radius 1 is 0.546 bits per heavy atom. The maximum absolute atomic E-state index is 15.6. The Bertz CT molecular complexity index is 3040. The van der Waals surface area contributed by atoms with E-state index in [9.17, 15) is 84.0 Å². The van der Waals surface area contributed by atoms with E-state index in [4.69, 9.17) is 33.2 Å². The van der Waals surface area contributed by atoms with Crippen LogP contribution in [0.3, 0.4) is 0 Å². The van der Waals surface area contributed by atoms with Gasteiger partial charge in [-0.05, 0) is 184 Å². The quantitative estimate of drug-likeness (QED) is 0.0413. The molecule has 2 aliphatic heterocycles. The molecule has 28 nitrogen and oxygen atoms in total. The standard InChI is InChI=1S/C69H107N3O25/c1-61(2,3)95-55(87)35(17-20-41(74)75)70-53(85)49-45(81)44(80)48(84)58(92-49)94-51-47(83)46(82)50(54(86)71-36(18-21-42(76)77)56(88)96-62(4,5)6)93-59(51)91-40-24-25-67(14)39(64(40,10)11)23-26-69(16)52(67)38(73)31-33-34-32-66(13,28-27-65(34,12)29-30-68(33,69)15)60(90)72-37(19-22-43(78)79)57(89)97-63(7,8)9/h31,34-37,39-40,44-52,58-59,80-84H,17-30,32H2,1-16H3,(H,70,85)(H,71,86)(H,72,90)(H,74,75)(H,76,77)(H,78,79)/t34-,35-,36-,37-,39?,40-,44?,45?,46?,47?,48?,49?,50?,51?,52-,58?,59?,65-,66+,67+,68-,69-/m1/s1. The fraction of sp³-hybridized carbons (Fsp3) is 0.826. The van der Waals surface area contributed by atoms with Gasteiger partial charge in [-0.3, -0.25) is 33.6 Å². The van der Waals surface area contributed by atoms with Gasteiger partial charge in [0.2, 0.25) is 5.91 Å². The van der Waals surface area contributed by atoms with Gasteiger partial charge >= 0.3 is 35.8 Å². The third kappa shape index (κ3) is 16.9. The van der Waals surface area contributed by atoms with Crippen LogP contribution in [0.5, 0.6) is 0 Å². The molecule has 0 spiro atoms. The number of hydrogen-bond acceptors (Lipinski definition) is 22. The van der Waals surface area contributed by atoms with E-state index in [1.807, 2.05) is 26.8 Å². The fourth-order valence-corrected chi connectivity index (χ4v) is 16.9. The fourth-order valence-electron chi connectivity index (χ4n) is 16.9. The van der Waals surface area contributed by atoms with Crippen LogP contribution in [0, 0.1) is 50.2 Å². The predicted molar refractivity (Wildman–Crippen MR) is 340 cm³/mol. The molecule has 7 aliphatic rings. The van der Waals surface area contributed by atoms with Crippen LogP contribution in [0.15, 0.2) is 11.6 Å². The summed E-state index contributed by atoms with van der Waals surface area (Å²) in [6.45, 7) is 28.8. The van der Waals surface area contributed by atoms with Crippen molar-refractivity contribution in [3.8, 4) is 0 Å². The minimum Gasteiger partial charge on any atom is -0.481 e. The van der Waals surface area contributed by atoms with Crippen molar-refractivity contribution in [1.82, 2.24) is 16.0 Å². The van der Waals surface area contributed by atoms with E-state index in [-0.39, 0.29) is 42.3 Å². The first kappa shape index (κ1) is 78.6. The normalized spacial score (nSPS) is 37.3. The summed E-state index contributed by atoms with van der Waals surface area (Å²) in [5.74, 6) is -10.6. The molecule has 0 aromatic heterocycles. The first-order chi connectivity index (χ1) is 44.4. The van der Waals surface area contributed by atoms with Gasteiger partial charge in [0.1, 0.15) is 71.6 Å². The topological polar surface area (TPSA) is 433 Å². The Kier molecular flexibility index (Phi) is 23.3. The second kappa shape index (κ2) is 28.7. The molecule has 3 amide bonds. The predicted octanol–water partition coefficient (Wildman–Crippen LogP) is 4.07. The number of ether oxygens (including phenoxy) is 7. The van der Waals surface area contributed by atoms with Crippen molar-refractivity contribution in [2.24, 2.45) is 50.2 Å². The molecule has 11 N–H and O–H groups in total. The number of allylic oxidation sites excluding steroid dienone is 2. The van der Waals surface area contributed by atoms with Gasteiger partial charge in [-0.15, -0.1) is 0 Å². The van der Waals surface area contributed by atoms with Crippen LogP contribution >= 0.6 is 0 Å². The zero-order chi connectivity index (χ0) is 73.1. The number of aliphatic carboxylic acids is 3. The van der Waals surface area contributed by atoms with E-state index in [0.29, 0.717) is 38.5 Å². The highest BCUT2D eigenvalue weighted by Gasteiger charge is 2.71. The molecular weight excluding hydrogens is 1270 g/mol. The maximum atomic E-state index is 15.6. The number of fused-ring (bicyclic) bond motifs is 7. The molecule has 22 atom stereocenters. The molecule has 7 rings (SSSR count). The van der Waals surface area contributed by atoms with Crippen LogP contribution in [0.1, 0.15) is 207 Å². The molecule has 2 saturated heterocycles. The van der Waals surface area contributed by atoms with Crippen LogP contribution in [0.4, 0.5) is 0 Å². The Labute approximate surface area is 566 Å². The second-order valence-corrected chi connectivity index (χ2v) is 33.2. The van der Waals surface area contributed by atoms with Crippen molar-refractivity contribution in [1.29, 1.82) is 0 Å². The summed E-state index contributed by atoms with van der Waals surface area (Å²) < 4.78 is 41.8. The second-order valence-electron chi connectivity index (χ2n) is 33.2. The summed E-state index contributed by atoms with van der Waals surface area (Å²) in [7, 11) is 0. The molecule has 28 heteroatoms. The molecular formula is C69H107N3O25. The number of hydrogen-bond donors (Lipinski definition) is 11. The smallest absolute Gasteiger partial charge is 0.329 e. The van der Waals surface area contributed by atoms with Crippen LogP contribution in [0.2, 0.25) is 0 Å². The summed E-state index contributed by atoms with van der Waals surface area (Å²) in [6.07, 6.45) is -18.8. The molecule has 2 heterocycles. The van der Waals surface area contributed by atoms with Crippen LogP contribution < -0.4 is 16.0 Å². The van der Waals surface area contributed by atoms with Crippen LogP contribution in [-0.4, -0.2) is 203 Å². The molecule has 548 valence electrons. The molecule has 0 aromatic carbocycles. The van der Waals surface area contributed by atoms with Crippen molar-refractivity contribution in [3.63, 3.8) is 0 Å². The molecule has 6 fully saturated rings. The summed E-state index contributed by atoms with van der Waals surface area (Å²) in [5.41, 5.74) is -6.25. The number of carboxylic acids is 3. The zero-order valence-corrected chi connectivity index (χ0v) is 59.0. The monoisotopic (exact) mass is 1380 g/mol. The number of aliphatic hydroxyl groups excluding tert-OH is 5. The third-order valence-corrected chi connectivity index (χ3v) is 22.2. The van der Waals surface area contributed by atoms with E-state index in [2.05, 4.69) is 43.6 Å². The molecule has 11 unspecified atom stereocenters. The lowest BCUT2D eigenvalue weighted by Crippen LogP contribution is -2.69. The number of carboxylic acid groups (broad SMARTS) is 3. The summed E-state index contributed by atoms with van der Waals surface area (Å²) >= 11 is 0.